The molecular weight excluding hydrogens is 326 g/mol. The second-order valence-electron chi connectivity index (χ2n) is 6.38. The summed E-state index contributed by atoms with van der Waals surface area (Å²) in [6, 6.07) is 4.17. The van der Waals surface area contributed by atoms with Crippen LogP contribution in [0.1, 0.15) is 24.3 Å². The Morgan fingerprint density at radius 3 is 3.00 bits per heavy atom. The molecule has 0 saturated carbocycles. The lowest BCUT2D eigenvalue weighted by Crippen LogP contribution is -2.40. The number of pyridine rings is 1. The smallest absolute Gasteiger partial charge is 0.244 e. The highest BCUT2D eigenvalue weighted by Crippen LogP contribution is 2.28. The number of amides is 1. The molecule has 2 aromatic heterocycles. The van der Waals surface area contributed by atoms with Crippen molar-refractivity contribution in [2.75, 3.05) is 32.1 Å². The predicted octanol–water partition coefficient (Wildman–Crippen LogP) is 2.40. The normalized spacial score (nSPS) is 17.8. The average Bonchev–Trinajstić information content (AvgIpc) is 3.00. The van der Waals surface area contributed by atoms with E-state index in [1.165, 1.54) is 5.56 Å². The minimum Gasteiger partial charge on any atom is -0.363 e. The number of halogens is 1. The first kappa shape index (κ1) is 16.8. The van der Waals surface area contributed by atoms with E-state index < -0.39 is 0 Å². The van der Waals surface area contributed by atoms with Crippen molar-refractivity contribution in [1.82, 2.24) is 19.7 Å². The Hall–Kier alpha value is -2.08. The quantitative estimate of drug-likeness (QED) is 0.852. The summed E-state index contributed by atoms with van der Waals surface area (Å²) >= 11 is 5.86. The summed E-state index contributed by atoms with van der Waals surface area (Å²) in [5.74, 6) is 1.38. The highest BCUT2D eigenvalue weighted by Gasteiger charge is 2.25. The largest absolute Gasteiger partial charge is 0.363 e. The van der Waals surface area contributed by atoms with Gasteiger partial charge < -0.3 is 9.80 Å². The number of carbonyl (C=O) groups is 1. The molecule has 1 atom stereocenters. The van der Waals surface area contributed by atoms with Gasteiger partial charge in [-0.2, -0.15) is 5.10 Å². The SMILES string of the molecule is CN(C)c1cc([C@H]2CCCN(C(=O)Cn3cc(Cl)cn3)C2)ccn1. The van der Waals surface area contributed by atoms with Crippen LogP contribution < -0.4 is 4.90 Å². The summed E-state index contributed by atoms with van der Waals surface area (Å²) in [5, 5.41) is 4.63. The van der Waals surface area contributed by atoms with Gasteiger partial charge in [-0.1, -0.05) is 11.6 Å². The standard InChI is InChI=1S/C17H22ClN5O/c1-21(2)16-8-13(5-6-19-16)14-4-3-7-22(10-14)17(24)12-23-11-15(18)9-20-23/h5-6,8-9,11,14H,3-4,7,10,12H2,1-2H3/t14-/m0/s1. The first-order valence-electron chi connectivity index (χ1n) is 8.12. The minimum absolute atomic E-state index is 0.0846. The maximum atomic E-state index is 12.5. The highest BCUT2D eigenvalue weighted by molar-refractivity contribution is 6.30. The fraction of sp³-hybridized carbons (Fsp3) is 0.471. The Kier molecular flexibility index (Phi) is 5.04. The molecule has 0 spiro atoms. The van der Waals surface area contributed by atoms with Crippen LogP contribution in [0.25, 0.3) is 0 Å². The van der Waals surface area contributed by atoms with E-state index in [1.807, 2.05) is 30.1 Å². The van der Waals surface area contributed by atoms with Crippen molar-refractivity contribution in [2.24, 2.45) is 0 Å². The number of hydrogen-bond donors (Lipinski definition) is 0. The number of nitrogens with zero attached hydrogens (tertiary/aromatic N) is 5. The van der Waals surface area contributed by atoms with Crippen LogP contribution in [0.3, 0.4) is 0 Å². The van der Waals surface area contributed by atoms with Gasteiger partial charge >= 0.3 is 0 Å². The Labute approximate surface area is 147 Å². The van der Waals surface area contributed by atoms with E-state index in [1.54, 1.807) is 17.1 Å². The van der Waals surface area contributed by atoms with Gasteiger partial charge in [0.05, 0.1) is 11.2 Å². The van der Waals surface area contributed by atoms with Crippen LogP contribution >= 0.6 is 11.6 Å². The molecule has 1 saturated heterocycles. The molecule has 7 heteroatoms. The molecule has 24 heavy (non-hydrogen) atoms. The third-order valence-corrected chi connectivity index (χ3v) is 4.57. The van der Waals surface area contributed by atoms with Gasteiger partial charge in [0.1, 0.15) is 12.4 Å². The van der Waals surface area contributed by atoms with Crippen LogP contribution in [-0.4, -0.2) is 52.8 Å². The molecule has 1 aliphatic heterocycles. The molecule has 0 N–H and O–H groups in total. The van der Waals surface area contributed by atoms with Gasteiger partial charge in [-0.25, -0.2) is 4.98 Å². The molecule has 128 valence electrons. The van der Waals surface area contributed by atoms with Crippen molar-refractivity contribution in [3.8, 4) is 0 Å². The fourth-order valence-electron chi connectivity index (χ4n) is 3.07. The van der Waals surface area contributed by atoms with Gasteiger partial charge in [-0.15, -0.1) is 0 Å². The second-order valence-corrected chi connectivity index (χ2v) is 6.81. The number of aromatic nitrogens is 3. The summed E-state index contributed by atoms with van der Waals surface area (Å²) in [5.41, 5.74) is 1.24. The predicted molar refractivity (Wildman–Crippen MR) is 94.4 cm³/mol. The van der Waals surface area contributed by atoms with Crippen molar-refractivity contribution in [3.05, 3.63) is 41.3 Å². The van der Waals surface area contributed by atoms with Crippen LogP contribution in [-0.2, 0) is 11.3 Å². The molecule has 3 rings (SSSR count). The third-order valence-electron chi connectivity index (χ3n) is 4.37. The lowest BCUT2D eigenvalue weighted by Gasteiger charge is -2.33. The summed E-state index contributed by atoms with van der Waals surface area (Å²) in [6.07, 6.45) is 7.17. The number of rotatable bonds is 4. The molecule has 0 aromatic carbocycles. The number of carbonyl (C=O) groups excluding carboxylic acids is 1. The van der Waals surface area contributed by atoms with Crippen molar-refractivity contribution in [1.29, 1.82) is 0 Å². The van der Waals surface area contributed by atoms with E-state index in [-0.39, 0.29) is 12.5 Å². The molecule has 0 bridgehead atoms. The second kappa shape index (κ2) is 7.21. The first-order valence-corrected chi connectivity index (χ1v) is 8.50. The molecule has 0 unspecified atom stereocenters. The Balaban J connectivity index is 1.67. The Bertz CT molecular complexity index is 715. The zero-order valence-corrected chi connectivity index (χ0v) is 14.8. The van der Waals surface area contributed by atoms with Crippen molar-refractivity contribution >= 4 is 23.3 Å². The third kappa shape index (κ3) is 3.87. The summed E-state index contributed by atoms with van der Waals surface area (Å²) in [7, 11) is 3.97. The van der Waals surface area contributed by atoms with Crippen molar-refractivity contribution in [3.63, 3.8) is 0 Å². The maximum Gasteiger partial charge on any atom is 0.244 e. The molecule has 1 fully saturated rings. The zero-order chi connectivity index (χ0) is 17.1. The molecule has 0 aliphatic carbocycles. The van der Waals surface area contributed by atoms with Crippen LogP contribution in [0.4, 0.5) is 5.82 Å². The van der Waals surface area contributed by atoms with Crippen LogP contribution in [0, 0.1) is 0 Å². The lowest BCUT2D eigenvalue weighted by atomic mass is 9.91. The van der Waals surface area contributed by atoms with E-state index in [4.69, 9.17) is 11.6 Å². The van der Waals surface area contributed by atoms with Gasteiger partial charge in [-0.05, 0) is 30.5 Å². The molecule has 1 aliphatic rings. The maximum absolute atomic E-state index is 12.5. The van der Waals surface area contributed by atoms with Gasteiger partial charge in [0.25, 0.3) is 0 Å². The summed E-state index contributed by atoms with van der Waals surface area (Å²) in [6.45, 7) is 1.78. The molecule has 1 amide bonds. The number of piperidine rings is 1. The van der Waals surface area contributed by atoms with Crippen LogP contribution in [0.2, 0.25) is 5.02 Å². The molecule has 3 heterocycles. The fourth-order valence-corrected chi connectivity index (χ4v) is 3.23. The topological polar surface area (TPSA) is 54.3 Å². The Morgan fingerprint density at radius 2 is 2.29 bits per heavy atom. The van der Waals surface area contributed by atoms with E-state index in [2.05, 4.69) is 22.2 Å². The molecular formula is C17H22ClN5O. The monoisotopic (exact) mass is 347 g/mol. The average molecular weight is 348 g/mol. The number of likely N-dealkylation sites (tertiary alicyclic amines) is 1. The van der Waals surface area contributed by atoms with Gasteiger partial charge in [0, 0.05) is 45.5 Å². The van der Waals surface area contributed by atoms with Gasteiger partial charge in [-0.3, -0.25) is 9.48 Å². The van der Waals surface area contributed by atoms with Crippen LogP contribution in [0.5, 0.6) is 0 Å². The van der Waals surface area contributed by atoms with E-state index in [0.29, 0.717) is 10.9 Å². The summed E-state index contributed by atoms with van der Waals surface area (Å²) in [4.78, 5) is 20.8. The molecule has 0 radical (unpaired) electrons. The zero-order valence-electron chi connectivity index (χ0n) is 14.0. The van der Waals surface area contributed by atoms with Gasteiger partial charge in [0.2, 0.25) is 5.91 Å². The van der Waals surface area contributed by atoms with Gasteiger partial charge in [0.15, 0.2) is 0 Å². The summed E-state index contributed by atoms with van der Waals surface area (Å²) < 4.78 is 1.59. The first-order chi connectivity index (χ1) is 11.5. The van der Waals surface area contributed by atoms with Crippen molar-refractivity contribution in [2.45, 2.75) is 25.3 Å². The molecule has 2 aromatic rings. The number of anilines is 1. The van der Waals surface area contributed by atoms with Crippen LogP contribution in [0.15, 0.2) is 30.7 Å². The highest BCUT2D eigenvalue weighted by atomic mass is 35.5. The van der Waals surface area contributed by atoms with E-state index in [9.17, 15) is 4.79 Å². The Morgan fingerprint density at radius 1 is 1.46 bits per heavy atom. The minimum atomic E-state index is 0.0846. The number of hydrogen-bond acceptors (Lipinski definition) is 4. The van der Waals surface area contributed by atoms with E-state index in [0.717, 1.165) is 31.7 Å². The van der Waals surface area contributed by atoms with E-state index >= 15 is 0 Å². The molecule has 6 nitrogen and oxygen atoms in total. The lowest BCUT2D eigenvalue weighted by molar-refractivity contribution is -0.133. The van der Waals surface area contributed by atoms with Crippen molar-refractivity contribution < 1.29 is 4.79 Å².